The number of nitrogens with one attached hydrogen (secondary N) is 1. The number of carboxylic acid groups (broad SMARTS) is 1. The normalized spacial score (nSPS) is 13.6. The highest BCUT2D eigenvalue weighted by Crippen LogP contribution is 2.18. The molecular weight excluding hydrogens is 244 g/mol. The van der Waals surface area contributed by atoms with Crippen LogP contribution in [-0.2, 0) is 9.59 Å². The van der Waals surface area contributed by atoms with Crippen LogP contribution in [0.3, 0.4) is 0 Å². The van der Waals surface area contributed by atoms with Crippen molar-refractivity contribution in [2.45, 2.75) is 38.3 Å². The zero-order valence-corrected chi connectivity index (χ0v) is 11.0. The van der Waals surface area contributed by atoms with Gasteiger partial charge in [0.05, 0.1) is 18.5 Å². The van der Waals surface area contributed by atoms with Gasteiger partial charge < -0.3 is 16.2 Å². The quantitative estimate of drug-likeness (QED) is 0.695. The molecule has 0 aromatic heterocycles. The minimum Gasteiger partial charge on any atom is -0.481 e. The van der Waals surface area contributed by atoms with E-state index in [2.05, 4.69) is 5.32 Å². The van der Waals surface area contributed by atoms with Gasteiger partial charge in [-0.3, -0.25) is 9.59 Å². The second kappa shape index (κ2) is 7.53. The average molecular weight is 264 g/mol. The number of carboxylic acids is 1. The molecule has 0 aliphatic rings. The highest BCUT2D eigenvalue weighted by molar-refractivity contribution is 5.86. The summed E-state index contributed by atoms with van der Waals surface area (Å²) < 4.78 is 0. The lowest BCUT2D eigenvalue weighted by Crippen LogP contribution is -2.43. The van der Waals surface area contributed by atoms with Gasteiger partial charge in [0, 0.05) is 0 Å². The number of amides is 1. The molecule has 0 aliphatic carbocycles. The van der Waals surface area contributed by atoms with Gasteiger partial charge in [-0.1, -0.05) is 43.7 Å². The summed E-state index contributed by atoms with van der Waals surface area (Å²) in [7, 11) is 0. The Labute approximate surface area is 112 Å². The fraction of sp³-hybridized carbons (Fsp3) is 0.429. The van der Waals surface area contributed by atoms with Crippen LogP contribution in [0.5, 0.6) is 0 Å². The minimum absolute atomic E-state index is 0.126. The highest BCUT2D eigenvalue weighted by Gasteiger charge is 2.20. The predicted octanol–water partition coefficient (Wildman–Crippen LogP) is 1.45. The summed E-state index contributed by atoms with van der Waals surface area (Å²) in [6.45, 7) is 2.03. The molecule has 0 bridgehead atoms. The molecule has 0 saturated heterocycles. The van der Waals surface area contributed by atoms with Crippen LogP contribution in [-0.4, -0.2) is 23.0 Å². The number of carbonyl (C=O) groups is 2. The number of nitrogens with two attached hydrogens (primary N) is 1. The number of hydrogen-bond donors (Lipinski definition) is 3. The number of benzene rings is 1. The summed E-state index contributed by atoms with van der Waals surface area (Å²) in [5.74, 6) is -1.50. The van der Waals surface area contributed by atoms with E-state index in [-0.39, 0.29) is 12.5 Å². The lowest BCUT2D eigenvalue weighted by Gasteiger charge is -2.20. The number of carbonyl (C=O) groups excluding carboxylic acids is 1. The second-order valence-corrected chi connectivity index (χ2v) is 4.46. The Hall–Kier alpha value is -1.88. The van der Waals surface area contributed by atoms with Crippen molar-refractivity contribution in [3.05, 3.63) is 35.9 Å². The monoisotopic (exact) mass is 264 g/mol. The van der Waals surface area contributed by atoms with E-state index in [0.29, 0.717) is 0 Å². The Balaban J connectivity index is 2.68. The first kappa shape index (κ1) is 15.2. The lowest BCUT2D eigenvalue weighted by molar-refractivity contribution is -0.139. The largest absolute Gasteiger partial charge is 0.481 e. The average Bonchev–Trinajstić information content (AvgIpc) is 2.38. The van der Waals surface area contributed by atoms with E-state index in [9.17, 15) is 9.59 Å². The van der Waals surface area contributed by atoms with Gasteiger partial charge in [0.15, 0.2) is 0 Å². The molecular formula is C14H20N2O3. The molecule has 5 heteroatoms. The molecule has 104 valence electrons. The Bertz CT molecular complexity index is 420. The lowest BCUT2D eigenvalue weighted by atomic mass is 10.0. The minimum atomic E-state index is -1.07. The van der Waals surface area contributed by atoms with Crippen LogP contribution in [0.1, 0.15) is 37.8 Å². The van der Waals surface area contributed by atoms with Crippen LogP contribution in [0.15, 0.2) is 30.3 Å². The number of aliphatic carboxylic acids is 1. The Morgan fingerprint density at radius 2 is 1.95 bits per heavy atom. The van der Waals surface area contributed by atoms with Crippen LogP contribution in [0.25, 0.3) is 0 Å². The van der Waals surface area contributed by atoms with E-state index in [0.717, 1.165) is 18.4 Å². The molecule has 1 rings (SSSR count). The van der Waals surface area contributed by atoms with Gasteiger partial charge in [0.25, 0.3) is 0 Å². The second-order valence-electron chi connectivity index (χ2n) is 4.46. The maximum atomic E-state index is 11.8. The number of rotatable bonds is 7. The van der Waals surface area contributed by atoms with Crippen molar-refractivity contribution in [2.75, 3.05) is 0 Å². The van der Waals surface area contributed by atoms with E-state index < -0.39 is 17.9 Å². The van der Waals surface area contributed by atoms with Crippen molar-refractivity contribution in [1.82, 2.24) is 5.32 Å². The first-order valence-corrected chi connectivity index (χ1v) is 6.37. The van der Waals surface area contributed by atoms with Gasteiger partial charge in [0.1, 0.15) is 0 Å². The maximum absolute atomic E-state index is 11.8. The summed E-state index contributed by atoms with van der Waals surface area (Å²) in [6.07, 6.45) is 1.34. The first-order chi connectivity index (χ1) is 9.04. The molecule has 0 aliphatic heterocycles. The molecule has 1 amide bonds. The van der Waals surface area contributed by atoms with Gasteiger partial charge in [0.2, 0.25) is 5.91 Å². The van der Waals surface area contributed by atoms with Crippen molar-refractivity contribution < 1.29 is 14.7 Å². The Kier molecular flexibility index (Phi) is 6.02. The molecule has 0 radical (unpaired) electrons. The summed E-state index contributed by atoms with van der Waals surface area (Å²) in [6, 6.07) is 8.44. The molecule has 0 spiro atoms. The zero-order valence-electron chi connectivity index (χ0n) is 11.0. The SMILES string of the molecule is CCCC(NC(=O)[C@@H](N)CC(=O)O)c1ccccc1. The molecule has 0 saturated carbocycles. The van der Waals surface area contributed by atoms with Crippen molar-refractivity contribution in [3.8, 4) is 0 Å². The summed E-state index contributed by atoms with van der Waals surface area (Å²) in [4.78, 5) is 22.4. The fourth-order valence-electron chi connectivity index (χ4n) is 1.86. The maximum Gasteiger partial charge on any atom is 0.305 e. The van der Waals surface area contributed by atoms with Crippen LogP contribution >= 0.6 is 0 Å². The Morgan fingerprint density at radius 1 is 1.32 bits per heavy atom. The first-order valence-electron chi connectivity index (χ1n) is 6.37. The molecule has 1 aromatic carbocycles. The third-order valence-corrected chi connectivity index (χ3v) is 2.83. The van der Waals surface area contributed by atoms with Crippen molar-refractivity contribution in [3.63, 3.8) is 0 Å². The van der Waals surface area contributed by atoms with E-state index in [1.807, 2.05) is 37.3 Å². The van der Waals surface area contributed by atoms with Crippen LogP contribution in [0.4, 0.5) is 0 Å². The van der Waals surface area contributed by atoms with Gasteiger partial charge in [-0.2, -0.15) is 0 Å². The fourth-order valence-corrected chi connectivity index (χ4v) is 1.86. The van der Waals surface area contributed by atoms with Crippen LogP contribution in [0.2, 0.25) is 0 Å². The van der Waals surface area contributed by atoms with Gasteiger partial charge in [-0.25, -0.2) is 0 Å². The summed E-state index contributed by atoms with van der Waals surface area (Å²) in [5, 5.41) is 11.4. The molecule has 1 aromatic rings. The van der Waals surface area contributed by atoms with E-state index >= 15 is 0 Å². The third kappa shape index (κ3) is 5.09. The van der Waals surface area contributed by atoms with Gasteiger partial charge in [-0.15, -0.1) is 0 Å². The third-order valence-electron chi connectivity index (χ3n) is 2.83. The summed E-state index contributed by atoms with van der Waals surface area (Å²) >= 11 is 0. The van der Waals surface area contributed by atoms with Crippen molar-refractivity contribution in [1.29, 1.82) is 0 Å². The molecule has 4 N–H and O–H groups in total. The van der Waals surface area contributed by atoms with E-state index in [1.54, 1.807) is 0 Å². The van der Waals surface area contributed by atoms with Crippen LogP contribution in [0, 0.1) is 0 Å². The molecule has 2 atom stereocenters. The molecule has 5 nitrogen and oxygen atoms in total. The van der Waals surface area contributed by atoms with Gasteiger partial charge in [-0.05, 0) is 12.0 Å². The summed E-state index contributed by atoms with van der Waals surface area (Å²) in [5.41, 5.74) is 6.55. The van der Waals surface area contributed by atoms with Crippen molar-refractivity contribution >= 4 is 11.9 Å². The predicted molar refractivity (Wildman–Crippen MR) is 72.5 cm³/mol. The van der Waals surface area contributed by atoms with E-state index in [4.69, 9.17) is 10.8 Å². The molecule has 19 heavy (non-hydrogen) atoms. The molecule has 1 unspecified atom stereocenters. The number of hydrogen-bond acceptors (Lipinski definition) is 3. The zero-order chi connectivity index (χ0) is 14.3. The standard InChI is InChI=1S/C14H20N2O3/c1-2-6-12(10-7-4-3-5-8-10)16-14(19)11(15)9-13(17)18/h3-5,7-8,11-12H,2,6,9,15H2,1H3,(H,16,19)(H,17,18)/t11-,12?/m0/s1. The van der Waals surface area contributed by atoms with Crippen LogP contribution < -0.4 is 11.1 Å². The topological polar surface area (TPSA) is 92.4 Å². The Morgan fingerprint density at radius 3 is 2.47 bits per heavy atom. The van der Waals surface area contributed by atoms with Crippen molar-refractivity contribution in [2.24, 2.45) is 5.73 Å². The smallest absolute Gasteiger partial charge is 0.305 e. The van der Waals surface area contributed by atoms with E-state index in [1.165, 1.54) is 0 Å². The molecule has 0 fully saturated rings. The van der Waals surface area contributed by atoms with Gasteiger partial charge >= 0.3 is 5.97 Å². The molecule has 0 heterocycles. The highest BCUT2D eigenvalue weighted by atomic mass is 16.4.